The molecule has 0 amide bonds. The molecule has 0 N–H and O–H groups in total. The maximum absolute atomic E-state index is 9.08. The second-order valence-electron chi connectivity index (χ2n) is 10.1. The van der Waals surface area contributed by atoms with E-state index in [1.807, 2.05) is 0 Å². The molecule has 5 aromatic carbocycles. The Morgan fingerprint density at radius 3 is 1.75 bits per heavy atom. The summed E-state index contributed by atoms with van der Waals surface area (Å²) in [6.07, 6.45) is 0.604. The van der Waals surface area contributed by atoms with Gasteiger partial charge in [0.2, 0.25) is 0 Å². The van der Waals surface area contributed by atoms with Crippen LogP contribution in [0.5, 0.6) is 0 Å². The van der Waals surface area contributed by atoms with Crippen LogP contribution in [-0.4, -0.2) is 40.4 Å². The molecule has 0 fully saturated rings. The van der Waals surface area contributed by atoms with E-state index in [9.17, 15) is 0 Å². The highest BCUT2D eigenvalue weighted by Gasteiger charge is 2.24. The minimum absolute atomic E-state index is 0.0964. The van der Waals surface area contributed by atoms with Crippen molar-refractivity contribution in [1.82, 2.24) is 0 Å². The predicted molar refractivity (Wildman–Crippen MR) is 167 cm³/mol. The van der Waals surface area contributed by atoms with Gasteiger partial charge in [-0.1, -0.05) is 90.5 Å². The maximum atomic E-state index is 9.08. The minimum Gasteiger partial charge on any atom is -0.748 e. The molecular formula is C34H35N2O3S-. The topological polar surface area (TPSA) is 63.7 Å². The summed E-state index contributed by atoms with van der Waals surface area (Å²) in [6, 6.07) is 41.9. The lowest BCUT2D eigenvalue weighted by Crippen LogP contribution is -2.15. The molecule has 5 rings (SSSR count). The van der Waals surface area contributed by atoms with Crippen LogP contribution in [0.25, 0.3) is 10.8 Å². The van der Waals surface area contributed by atoms with Crippen molar-refractivity contribution in [2.24, 2.45) is 0 Å². The lowest BCUT2D eigenvalue weighted by molar-refractivity contribution is 0.470. The van der Waals surface area contributed by atoms with Gasteiger partial charge in [0.1, 0.15) is 0 Å². The van der Waals surface area contributed by atoms with Gasteiger partial charge in [-0.2, -0.15) is 0 Å². The maximum Gasteiger partial charge on any atom is 0.0916 e. The fourth-order valence-corrected chi connectivity index (χ4v) is 4.92. The zero-order valence-electron chi connectivity index (χ0n) is 23.6. The summed E-state index contributed by atoms with van der Waals surface area (Å²) in [6.45, 7) is 2.15. The van der Waals surface area contributed by atoms with Crippen molar-refractivity contribution in [3.8, 4) is 0 Å². The Labute approximate surface area is 238 Å². The van der Waals surface area contributed by atoms with Gasteiger partial charge in [-0.05, 0) is 64.7 Å². The van der Waals surface area contributed by atoms with Crippen molar-refractivity contribution in [3.63, 3.8) is 0 Å². The van der Waals surface area contributed by atoms with Gasteiger partial charge in [0, 0.05) is 50.4 Å². The van der Waals surface area contributed by atoms with E-state index in [4.69, 9.17) is 13.0 Å². The van der Waals surface area contributed by atoms with Crippen LogP contribution in [0.2, 0.25) is 0 Å². The van der Waals surface area contributed by atoms with Crippen molar-refractivity contribution in [2.75, 3.05) is 37.2 Å². The Bertz CT molecular complexity index is 1660. The van der Waals surface area contributed by atoms with E-state index in [1.54, 1.807) is 0 Å². The summed E-state index contributed by atoms with van der Waals surface area (Å²) in [4.78, 5) is 4.47. The zero-order valence-corrected chi connectivity index (χ0v) is 24.4. The molecule has 1 atom stereocenters. The third-order valence-electron chi connectivity index (χ3n) is 6.89. The van der Waals surface area contributed by atoms with Crippen molar-refractivity contribution >= 4 is 38.0 Å². The van der Waals surface area contributed by atoms with Crippen LogP contribution in [0, 0.1) is 6.92 Å². The Kier molecular flexibility index (Phi) is 8.93. The average molecular weight is 552 g/mol. The van der Waals surface area contributed by atoms with Crippen LogP contribution in [0.3, 0.4) is 0 Å². The summed E-state index contributed by atoms with van der Waals surface area (Å²) >= 11 is 0. The van der Waals surface area contributed by atoms with Gasteiger partial charge in [-0.25, -0.2) is 8.42 Å². The average Bonchev–Trinajstić information content (AvgIpc) is 2.94. The molecule has 6 heteroatoms. The number of hydrogen-bond donors (Lipinski definition) is 0. The highest BCUT2D eigenvalue weighted by Crippen LogP contribution is 2.43. The number of aryl methyl sites for hydroxylation is 1. The number of hydrogen-bond acceptors (Lipinski definition) is 5. The number of anilines is 3. The summed E-state index contributed by atoms with van der Waals surface area (Å²) in [5.41, 5.74) is 8.79. The molecule has 0 spiro atoms. The predicted octanol–water partition coefficient (Wildman–Crippen LogP) is 7.32. The first kappa shape index (κ1) is 28.9. The molecule has 5 aromatic rings. The van der Waals surface area contributed by atoms with Crippen LogP contribution in [0.15, 0.2) is 115 Å². The van der Waals surface area contributed by atoms with Gasteiger partial charge < -0.3 is 14.4 Å². The Morgan fingerprint density at radius 2 is 1.18 bits per heavy atom. The first-order valence-electron chi connectivity index (χ1n) is 13.1. The fraction of sp³-hybridized carbons (Fsp3) is 0.176. The van der Waals surface area contributed by atoms with Gasteiger partial charge in [-0.3, -0.25) is 0 Å². The molecule has 0 aliphatic heterocycles. The number of fused-ring (bicyclic) bond motifs is 1. The SMILES string of the molecule is CS(=O)(=O)[O-].Cc1ccc(C(c2ccc(N(C)C)cc2)c2c(N(C)c3ccccc3)ccc3ccccc23)cc1. The minimum atomic E-state index is -3.92. The van der Waals surface area contributed by atoms with E-state index < -0.39 is 10.1 Å². The third-order valence-corrected chi connectivity index (χ3v) is 6.89. The normalized spacial score (nSPS) is 11.8. The first-order valence-corrected chi connectivity index (χ1v) is 14.9. The lowest BCUT2D eigenvalue weighted by Gasteiger charge is -2.29. The molecule has 1 unspecified atom stereocenters. The van der Waals surface area contributed by atoms with Crippen LogP contribution >= 0.6 is 0 Å². The molecule has 0 heterocycles. The van der Waals surface area contributed by atoms with Gasteiger partial charge >= 0.3 is 0 Å². The second-order valence-corrected chi connectivity index (χ2v) is 11.6. The second kappa shape index (κ2) is 12.4. The van der Waals surface area contributed by atoms with E-state index in [2.05, 4.69) is 153 Å². The summed E-state index contributed by atoms with van der Waals surface area (Å²) in [5, 5.41) is 2.55. The third kappa shape index (κ3) is 7.08. The van der Waals surface area contributed by atoms with Gasteiger partial charge in [-0.15, -0.1) is 0 Å². The first-order chi connectivity index (χ1) is 19.0. The summed E-state index contributed by atoms with van der Waals surface area (Å²) < 4.78 is 27.2. The molecule has 206 valence electrons. The molecule has 0 radical (unpaired) electrons. The van der Waals surface area contributed by atoms with Crippen molar-refractivity contribution < 1.29 is 13.0 Å². The number of rotatable bonds is 6. The number of benzene rings is 5. The van der Waals surface area contributed by atoms with Gasteiger partial charge in [0.25, 0.3) is 0 Å². The number of nitrogens with zero attached hydrogens (tertiary/aromatic N) is 2. The molecule has 0 aliphatic rings. The molecule has 0 bridgehead atoms. The van der Waals surface area contributed by atoms with Crippen LogP contribution < -0.4 is 9.80 Å². The van der Waals surface area contributed by atoms with E-state index in [1.165, 1.54) is 50.1 Å². The van der Waals surface area contributed by atoms with E-state index in [0.717, 1.165) is 0 Å². The quantitative estimate of drug-likeness (QED) is 0.163. The number of para-hydroxylation sites is 1. The standard InChI is InChI=1S/C33H32N2.CH4O3S/c1-24-14-16-26(17-15-24)32(27-18-21-28(22-19-27)34(2)3)33-30-13-9-8-10-25(30)20-23-31(33)35(4)29-11-6-5-7-12-29;1-5(2,3)4/h5-23,32H,1-4H3;1H3,(H,2,3,4)/p-1. The zero-order chi connectivity index (χ0) is 28.9. The highest BCUT2D eigenvalue weighted by atomic mass is 32.2. The highest BCUT2D eigenvalue weighted by molar-refractivity contribution is 7.84. The lowest BCUT2D eigenvalue weighted by atomic mass is 9.81. The smallest absolute Gasteiger partial charge is 0.0916 e. The van der Waals surface area contributed by atoms with Crippen molar-refractivity contribution in [3.05, 3.63) is 138 Å². The van der Waals surface area contributed by atoms with Gasteiger partial charge in [0.15, 0.2) is 0 Å². The van der Waals surface area contributed by atoms with E-state index in [0.29, 0.717) is 6.26 Å². The Hall–Kier alpha value is -4.13. The molecule has 0 saturated carbocycles. The summed E-state index contributed by atoms with van der Waals surface area (Å²) in [5.74, 6) is 0.0964. The van der Waals surface area contributed by atoms with E-state index >= 15 is 0 Å². The molecular weight excluding hydrogens is 516 g/mol. The fourth-order valence-electron chi connectivity index (χ4n) is 4.92. The largest absolute Gasteiger partial charge is 0.748 e. The van der Waals surface area contributed by atoms with Crippen molar-refractivity contribution in [2.45, 2.75) is 12.8 Å². The Morgan fingerprint density at radius 1 is 0.650 bits per heavy atom. The van der Waals surface area contributed by atoms with E-state index in [-0.39, 0.29) is 5.92 Å². The Balaban J connectivity index is 0.000000681. The molecule has 0 saturated heterocycles. The van der Waals surface area contributed by atoms with Crippen LogP contribution in [0.1, 0.15) is 28.2 Å². The van der Waals surface area contributed by atoms with Crippen molar-refractivity contribution in [1.29, 1.82) is 0 Å². The summed E-state index contributed by atoms with van der Waals surface area (Å²) in [7, 11) is 2.43. The molecule has 0 aromatic heterocycles. The molecule has 0 aliphatic carbocycles. The monoisotopic (exact) mass is 551 g/mol. The van der Waals surface area contributed by atoms with Crippen LogP contribution in [-0.2, 0) is 10.1 Å². The van der Waals surface area contributed by atoms with Crippen LogP contribution in [0.4, 0.5) is 17.1 Å². The van der Waals surface area contributed by atoms with Gasteiger partial charge in [0.05, 0.1) is 10.1 Å². The molecule has 5 nitrogen and oxygen atoms in total. The molecule has 40 heavy (non-hydrogen) atoms.